The van der Waals surface area contributed by atoms with Crippen molar-refractivity contribution in [2.75, 3.05) is 17.3 Å². The first-order valence-corrected chi connectivity index (χ1v) is 12.6. The first-order chi connectivity index (χ1) is 14.7. The van der Waals surface area contributed by atoms with Crippen LogP contribution < -0.4 is 10.9 Å². The van der Waals surface area contributed by atoms with Crippen LogP contribution in [0.3, 0.4) is 0 Å². The smallest absolute Gasteiger partial charge is 0.267 e. The Labute approximate surface area is 184 Å². The number of thioether (sulfide) groups is 1. The van der Waals surface area contributed by atoms with Gasteiger partial charge in [-0.15, -0.1) is 0 Å². The molecule has 0 unspecified atom stereocenters. The van der Waals surface area contributed by atoms with E-state index in [1.54, 1.807) is 37.3 Å². The van der Waals surface area contributed by atoms with Crippen LogP contribution in [0.25, 0.3) is 16.7 Å². The van der Waals surface area contributed by atoms with Gasteiger partial charge in [-0.2, -0.15) is 0 Å². The van der Waals surface area contributed by atoms with Crippen molar-refractivity contribution in [1.29, 1.82) is 0 Å². The first-order valence-electron chi connectivity index (χ1n) is 9.76. The zero-order valence-electron chi connectivity index (χ0n) is 17.2. The second-order valence-electron chi connectivity index (χ2n) is 7.93. The van der Waals surface area contributed by atoms with E-state index in [0.29, 0.717) is 28.3 Å². The van der Waals surface area contributed by atoms with E-state index in [9.17, 15) is 18.0 Å². The lowest BCUT2D eigenvalue weighted by Crippen LogP contribution is -2.47. The van der Waals surface area contributed by atoms with Crippen molar-refractivity contribution in [2.45, 2.75) is 31.0 Å². The predicted octanol–water partition coefficient (Wildman–Crippen LogP) is 1.87. The number of rotatable bonds is 5. The minimum Gasteiger partial charge on any atom is -0.349 e. The van der Waals surface area contributed by atoms with Crippen molar-refractivity contribution in [3.63, 3.8) is 0 Å². The molecular weight excluding hydrogens is 436 g/mol. The number of aromatic nitrogens is 3. The largest absolute Gasteiger partial charge is 0.349 e. The van der Waals surface area contributed by atoms with Crippen LogP contribution in [0.15, 0.2) is 52.4 Å². The Balaban J connectivity index is 1.65. The summed E-state index contributed by atoms with van der Waals surface area (Å²) in [7, 11) is -3.13. The highest BCUT2D eigenvalue weighted by atomic mass is 32.2. The Morgan fingerprint density at radius 2 is 1.97 bits per heavy atom. The van der Waals surface area contributed by atoms with Gasteiger partial charge in [-0.05, 0) is 44.5 Å². The van der Waals surface area contributed by atoms with Gasteiger partial charge < -0.3 is 5.32 Å². The Bertz CT molecular complexity index is 1340. The second-order valence-corrected chi connectivity index (χ2v) is 11.1. The summed E-state index contributed by atoms with van der Waals surface area (Å²) in [5.41, 5.74) is 0.251. The molecule has 162 valence electrons. The summed E-state index contributed by atoms with van der Waals surface area (Å²) < 4.78 is 25.0. The van der Waals surface area contributed by atoms with Gasteiger partial charge in [-0.1, -0.05) is 30.0 Å². The summed E-state index contributed by atoms with van der Waals surface area (Å²) in [6.45, 7) is 3.57. The highest BCUT2D eigenvalue weighted by Crippen LogP contribution is 2.24. The van der Waals surface area contributed by atoms with E-state index in [0.717, 1.165) is 17.5 Å². The molecule has 31 heavy (non-hydrogen) atoms. The third-order valence-corrected chi connectivity index (χ3v) is 7.97. The van der Waals surface area contributed by atoms with Gasteiger partial charge >= 0.3 is 0 Å². The number of para-hydroxylation sites is 1. The monoisotopic (exact) mass is 458 g/mol. The second kappa shape index (κ2) is 8.08. The van der Waals surface area contributed by atoms with Crippen molar-refractivity contribution < 1.29 is 13.2 Å². The van der Waals surface area contributed by atoms with Gasteiger partial charge in [0.05, 0.1) is 33.7 Å². The van der Waals surface area contributed by atoms with Gasteiger partial charge in [0.25, 0.3) is 5.56 Å². The number of benzene rings is 1. The molecule has 0 aliphatic carbocycles. The number of hydrogen-bond donors (Lipinski definition) is 1. The third kappa shape index (κ3) is 4.64. The van der Waals surface area contributed by atoms with Crippen LogP contribution in [0.5, 0.6) is 0 Å². The topological polar surface area (TPSA) is 111 Å². The molecule has 1 saturated heterocycles. The molecule has 0 spiro atoms. The molecule has 1 amide bonds. The number of aryl methyl sites for hydroxylation is 1. The molecule has 3 aromatic rings. The highest BCUT2D eigenvalue weighted by molar-refractivity contribution is 7.99. The molecule has 2 aromatic heterocycles. The molecule has 1 N–H and O–H groups in total. The quantitative estimate of drug-likeness (QED) is 0.459. The van der Waals surface area contributed by atoms with E-state index in [1.807, 2.05) is 19.1 Å². The molecule has 3 heterocycles. The molecule has 0 radical (unpaired) electrons. The summed E-state index contributed by atoms with van der Waals surface area (Å²) in [5.74, 6) is 0.118. The average molecular weight is 459 g/mol. The van der Waals surface area contributed by atoms with Gasteiger partial charge in [-0.3, -0.25) is 9.59 Å². The molecule has 1 fully saturated rings. The lowest BCUT2D eigenvalue weighted by Gasteiger charge is -2.23. The maximum absolute atomic E-state index is 13.2. The van der Waals surface area contributed by atoms with Crippen molar-refractivity contribution in [2.24, 2.45) is 0 Å². The standard InChI is InChI=1S/C21H22N4O4S2/c1-14-6-5-9-17(22-14)25-19(27)15-7-3-4-8-16(15)23-20(25)30-12-18(26)24-21(2)10-11-31(28,29)13-21/h3-9H,10-13H2,1-2H3,(H,24,26)/t21-/m0/s1. The van der Waals surface area contributed by atoms with Gasteiger partial charge in [0, 0.05) is 5.69 Å². The third-order valence-electron chi connectivity index (χ3n) is 5.12. The molecule has 1 atom stereocenters. The number of amides is 1. The summed E-state index contributed by atoms with van der Waals surface area (Å²) >= 11 is 1.12. The van der Waals surface area contributed by atoms with Crippen molar-refractivity contribution in [3.05, 3.63) is 58.5 Å². The fourth-order valence-electron chi connectivity index (χ4n) is 3.68. The molecule has 4 rings (SSSR count). The lowest BCUT2D eigenvalue weighted by atomic mass is 10.0. The normalized spacial score (nSPS) is 20.1. The number of nitrogens with zero attached hydrogens (tertiary/aromatic N) is 3. The SMILES string of the molecule is Cc1cccc(-n2c(SCC(=O)N[C@@]3(C)CCS(=O)(=O)C3)nc3ccccc3c2=O)n1. The minimum atomic E-state index is -3.13. The predicted molar refractivity (Wildman–Crippen MR) is 120 cm³/mol. The minimum absolute atomic E-state index is 0.00770. The Morgan fingerprint density at radius 3 is 2.68 bits per heavy atom. The van der Waals surface area contributed by atoms with E-state index in [2.05, 4.69) is 15.3 Å². The maximum Gasteiger partial charge on any atom is 0.267 e. The van der Waals surface area contributed by atoms with E-state index < -0.39 is 15.4 Å². The zero-order chi connectivity index (χ0) is 22.2. The molecular formula is C21H22N4O4S2. The molecule has 1 aliphatic heterocycles. The van der Waals surface area contributed by atoms with Crippen molar-refractivity contribution in [1.82, 2.24) is 19.9 Å². The summed E-state index contributed by atoms with van der Waals surface area (Å²) in [4.78, 5) is 34.8. The van der Waals surface area contributed by atoms with Crippen LogP contribution in [0.1, 0.15) is 19.0 Å². The number of carbonyl (C=O) groups excluding carboxylic acids is 1. The molecule has 1 aromatic carbocycles. The molecule has 0 saturated carbocycles. The van der Waals surface area contributed by atoms with Gasteiger partial charge in [0.2, 0.25) is 5.91 Å². The summed E-state index contributed by atoms with van der Waals surface area (Å²) in [5, 5.41) is 3.64. The Morgan fingerprint density at radius 1 is 1.19 bits per heavy atom. The van der Waals surface area contributed by atoms with Gasteiger partial charge in [0.15, 0.2) is 15.0 Å². The first kappa shape index (κ1) is 21.5. The van der Waals surface area contributed by atoms with Crippen molar-refractivity contribution in [3.8, 4) is 5.82 Å². The number of hydrogen-bond acceptors (Lipinski definition) is 7. The number of sulfone groups is 1. The number of fused-ring (bicyclic) bond motifs is 1. The van der Waals surface area contributed by atoms with E-state index >= 15 is 0 Å². The molecule has 0 bridgehead atoms. The van der Waals surface area contributed by atoms with Crippen LogP contribution in [-0.2, 0) is 14.6 Å². The van der Waals surface area contributed by atoms with E-state index in [1.165, 1.54) is 4.57 Å². The fraction of sp³-hybridized carbons (Fsp3) is 0.333. The Hall–Kier alpha value is -2.72. The van der Waals surface area contributed by atoms with Crippen molar-refractivity contribution >= 4 is 38.4 Å². The molecule has 10 heteroatoms. The number of pyridine rings is 1. The Kier molecular flexibility index (Phi) is 5.61. The zero-order valence-corrected chi connectivity index (χ0v) is 18.8. The molecule has 8 nitrogen and oxygen atoms in total. The van der Waals surface area contributed by atoms with Crippen LogP contribution in [0, 0.1) is 6.92 Å². The van der Waals surface area contributed by atoms with Crippen LogP contribution in [0.4, 0.5) is 0 Å². The lowest BCUT2D eigenvalue weighted by molar-refractivity contribution is -0.120. The van der Waals surface area contributed by atoms with E-state index in [-0.39, 0.29) is 28.7 Å². The number of carbonyl (C=O) groups is 1. The highest BCUT2D eigenvalue weighted by Gasteiger charge is 2.39. The molecule has 1 aliphatic rings. The van der Waals surface area contributed by atoms with E-state index in [4.69, 9.17) is 0 Å². The summed E-state index contributed by atoms with van der Waals surface area (Å²) in [6.07, 6.45) is 0.387. The van der Waals surface area contributed by atoms with Gasteiger partial charge in [-0.25, -0.2) is 23.0 Å². The fourth-order valence-corrected chi connectivity index (χ4v) is 6.57. The maximum atomic E-state index is 13.2. The number of nitrogens with one attached hydrogen (secondary N) is 1. The van der Waals surface area contributed by atoms with Gasteiger partial charge in [0.1, 0.15) is 5.82 Å². The van der Waals surface area contributed by atoms with Crippen LogP contribution >= 0.6 is 11.8 Å². The van der Waals surface area contributed by atoms with Crippen LogP contribution in [0.2, 0.25) is 0 Å². The average Bonchev–Trinajstić information content (AvgIpc) is 2.99. The summed E-state index contributed by atoms with van der Waals surface area (Å²) in [6, 6.07) is 12.4. The van der Waals surface area contributed by atoms with Crippen LogP contribution in [-0.4, -0.2) is 51.7 Å².